The largest absolute Gasteiger partial charge is 0.481 e. The lowest BCUT2D eigenvalue weighted by Crippen LogP contribution is -2.03. The van der Waals surface area contributed by atoms with Crippen LogP contribution in [0.15, 0.2) is 47.3 Å². The number of benzene rings is 1. The summed E-state index contributed by atoms with van der Waals surface area (Å²) in [5.74, 6) is -0.920. The molecular weight excluding hydrogens is 244 g/mol. The summed E-state index contributed by atoms with van der Waals surface area (Å²) in [6.07, 6.45) is 4.58. The van der Waals surface area contributed by atoms with Crippen molar-refractivity contribution in [1.29, 1.82) is 0 Å². The Kier molecular flexibility index (Phi) is 2.72. The van der Waals surface area contributed by atoms with E-state index in [-0.39, 0.29) is 6.42 Å². The second kappa shape index (κ2) is 4.53. The van der Waals surface area contributed by atoms with Crippen molar-refractivity contribution in [2.75, 3.05) is 0 Å². The lowest BCUT2D eigenvalue weighted by molar-refractivity contribution is -0.136. The van der Waals surface area contributed by atoms with E-state index in [2.05, 4.69) is 9.97 Å². The summed E-state index contributed by atoms with van der Waals surface area (Å²) in [7, 11) is 0. The molecule has 0 saturated heterocycles. The molecule has 5 nitrogen and oxygen atoms in total. The Labute approximate surface area is 108 Å². The summed E-state index contributed by atoms with van der Waals surface area (Å²) in [6.45, 7) is 0. The van der Waals surface area contributed by atoms with Gasteiger partial charge in [0.25, 0.3) is 0 Å². The summed E-state index contributed by atoms with van der Waals surface area (Å²) in [4.78, 5) is 19.0. The summed E-state index contributed by atoms with van der Waals surface area (Å²) < 4.78 is 5.27. The molecule has 94 valence electrons. The number of carbonyl (C=O) groups is 1. The van der Waals surface area contributed by atoms with Crippen molar-refractivity contribution in [1.82, 2.24) is 9.97 Å². The number of carboxylic acid groups (broad SMARTS) is 1. The fourth-order valence-corrected chi connectivity index (χ4v) is 1.91. The van der Waals surface area contributed by atoms with Crippen molar-refractivity contribution >= 4 is 16.9 Å². The molecule has 1 N–H and O–H groups in total. The second-order valence-electron chi connectivity index (χ2n) is 4.14. The molecule has 2 heterocycles. The first kappa shape index (κ1) is 11.4. The number of fused-ring (bicyclic) bond motifs is 1. The zero-order valence-corrected chi connectivity index (χ0v) is 9.91. The Hall–Kier alpha value is -2.69. The van der Waals surface area contributed by atoms with Crippen molar-refractivity contribution in [2.24, 2.45) is 0 Å². The van der Waals surface area contributed by atoms with Crippen LogP contribution in [0.25, 0.3) is 22.2 Å². The molecule has 0 amide bonds. The van der Waals surface area contributed by atoms with Gasteiger partial charge in [0.15, 0.2) is 0 Å². The SMILES string of the molecule is O=C(O)Cc1cncc(-c2ccc3occc3c2)n1. The van der Waals surface area contributed by atoms with Gasteiger partial charge in [-0.05, 0) is 24.3 Å². The van der Waals surface area contributed by atoms with E-state index >= 15 is 0 Å². The van der Waals surface area contributed by atoms with Gasteiger partial charge in [0, 0.05) is 17.1 Å². The van der Waals surface area contributed by atoms with Crippen LogP contribution < -0.4 is 0 Å². The van der Waals surface area contributed by atoms with E-state index in [1.807, 2.05) is 24.3 Å². The van der Waals surface area contributed by atoms with E-state index in [1.165, 1.54) is 6.20 Å². The molecule has 0 aliphatic rings. The molecule has 1 aromatic carbocycles. The number of hydrogen-bond donors (Lipinski definition) is 1. The summed E-state index contributed by atoms with van der Waals surface area (Å²) >= 11 is 0. The smallest absolute Gasteiger partial charge is 0.309 e. The van der Waals surface area contributed by atoms with Crippen molar-refractivity contribution in [3.63, 3.8) is 0 Å². The maximum absolute atomic E-state index is 10.7. The molecule has 0 aliphatic carbocycles. The minimum absolute atomic E-state index is 0.130. The van der Waals surface area contributed by atoms with E-state index in [1.54, 1.807) is 12.5 Å². The number of hydrogen-bond acceptors (Lipinski definition) is 4. The number of furan rings is 1. The number of nitrogens with zero attached hydrogens (tertiary/aromatic N) is 2. The molecule has 0 radical (unpaired) electrons. The average Bonchev–Trinajstić information content (AvgIpc) is 2.85. The Balaban J connectivity index is 2.02. The summed E-state index contributed by atoms with van der Waals surface area (Å²) in [5.41, 5.74) is 2.78. The van der Waals surface area contributed by atoms with Crippen LogP contribution in [0.2, 0.25) is 0 Å². The molecule has 0 fully saturated rings. The van der Waals surface area contributed by atoms with Gasteiger partial charge in [-0.3, -0.25) is 9.78 Å². The van der Waals surface area contributed by atoms with Gasteiger partial charge in [-0.25, -0.2) is 4.98 Å². The highest BCUT2D eigenvalue weighted by Gasteiger charge is 2.07. The summed E-state index contributed by atoms with van der Waals surface area (Å²) in [5, 5.41) is 9.74. The highest BCUT2D eigenvalue weighted by Crippen LogP contribution is 2.23. The monoisotopic (exact) mass is 254 g/mol. The highest BCUT2D eigenvalue weighted by atomic mass is 16.4. The van der Waals surface area contributed by atoms with Gasteiger partial charge in [-0.15, -0.1) is 0 Å². The number of aromatic nitrogens is 2. The number of rotatable bonds is 3. The maximum Gasteiger partial charge on any atom is 0.309 e. The van der Waals surface area contributed by atoms with Crippen molar-refractivity contribution in [3.8, 4) is 11.3 Å². The Morgan fingerprint density at radius 1 is 1.26 bits per heavy atom. The summed E-state index contributed by atoms with van der Waals surface area (Å²) in [6, 6.07) is 7.54. The van der Waals surface area contributed by atoms with Crippen LogP contribution in [-0.2, 0) is 11.2 Å². The van der Waals surface area contributed by atoms with E-state index in [9.17, 15) is 4.79 Å². The lowest BCUT2D eigenvalue weighted by Gasteiger charge is -2.02. The third-order valence-electron chi connectivity index (χ3n) is 2.76. The lowest BCUT2D eigenvalue weighted by atomic mass is 10.1. The Morgan fingerprint density at radius 3 is 3.00 bits per heavy atom. The van der Waals surface area contributed by atoms with Gasteiger partial charge >= 0.3 is 5.97 Å². The van der Waals surface area contributed by atoms with Crippen LogP contribution in [0.3, 0.4) is 0 Å². The first-order valence-corrected chi connectivity index (χ1v) is 5.73. The molecule has 19 heavy (non-hydrogen) atoms. The molecule has 0 aliphatic heterocycles. The van der Waals surface area contributed by atoms with Crippen LogP contribution in [0.4, 0.5) is 0 Å². The van der Waals surface area contributed by atoms with Crippen LogP contribution >= 0.6 is 0 Å². The maximum atomic E-state index is 10.7. The molecule has 5 heteroatoms. The molecule has 2 aromatic heterocycles. The fourth-order valence-electron chi connectivity index (χ4n) is 1.91. The van der Waals surface area contributed by atoms with Crippen LogP contribution in [-0.4, -0.2) is 21.0 Å². The topological polar surface area (TPSA) is 76.2 Å². The first-order chi connectivity index (χ1) is 9.22. The molecule has 0 bridgehead atoms. The normalized spacial score (nSPS) is 10.7. The zero-order valence-electron chi connectivity index (χ0n) is 9.91. The van der Waals surface area contributed by atoms with Crippen LogP contribution in [0.1, 0.15) is 5.69 Å². The van der Waals surface area contributed by atoms with Crippen LogP contribution in [0.5, 0.6) is 0 Å². The van der Waals surface area contributed by atoms with Gasteiger partial charge in [0.2, 0.25) is 0 Å². The van der Waals surface area contributed by atoms with Gasteiger partial charge in [-0.1, -0.05) is 0 Å². The zero-order chi connectivity index (χ0) is 13.2. The predicted octanol–water partition coefficient (Wildman–Crippen LogP) is 2.52. The third kappa shape index (κ3) is 2.30. The minimum Gasteiger partial charge on any atom is -0.481 e. The molecule has 0 atom stereocenters. The molecule has 0 unspecified atom stereocenters. The van der Waals surface area contributed by atoms with Crippen molar-refractivity contribution in [3.05, 3.63) is 48.6 Å². The van der Waals surface area contributed by atoms with Crippen molar-refractivity contribution in [2.45, 2.75) is 6.42 Å². The Bertz CT molecular complexity index is 749. The van der Waals surface area contributed by atoms with Crippen molar-refractivity contribution < 1.29 is 14.3 Å². The van der Waals surface area contributed by atoms with Gasteiger partial charge in [0.1, 0.15) is 5.58 Å². The Morgan fingerprint density at radius 2 is 2.16 bits per heavy atom. The third-order valence-corrected chi connectivity index (χ3v) is 2.76. The van der Waals surface area contributed by atoms with E-state index in [4.69, 9.17) is 9.52 Å². The van der Waals surface area contributed by atoms with Crippen LogP contribution in [0, 0.1) is 0 Å². The standard InChI is InChI=1S/C14H10N2O3/c17-14(18)6-11-7-15-8-12(16-11)9-1-2-13-10(5-9)3-4-19-13/h1-5,7-8H,6H2,(H,17,18). The molecule has 0 saturated carbocycles. The second-order valence-corrected chi connectivity index (χ2v) is 4.14. The molecular formula is C14H10N2O3. The molecule has 0 spiro atoms. The van der Waals surface area contributed by atoms with E-state index in [0.717, 1.165) is 16.5 Å². The minimum atomic E-state index is -0.920. The fraction of sp³-hybridized carbons (Fsp3) is 0.0714. The number of carboxylic acids is 1. The first-order valence-electron chi connectivity index (χ1n) is 5.73. The molecule has 3 rings (SSSR count). The number of aliphatic carboxylic acids is 1. The molecule has 3 aromatic rings. The average molecular weight is 254 g/mol. The quantitative estimate of drug-likeness (QED) is 0.777. The van der Waals surface area contributed by atoms with Gasteiger partial charge < -0.3 is 9.52 Å². The van der Waals surface area contributed by atoms with Gasteiger partial charge in [-0.2, -0.15) is 0 Å². The predicted molar refractivity (Wildman–Crippen MR) is 68.6 cm³/mol. The highest BCUT2D eigenvalue weighted by molar-refractivity contribution is 5.82. The van der Waals surface area contributed by atoms with E-state index in [0.29, 0.717) is 11.4 Å². The van der Waals surface area contributed by atoms with E-state index < -0.39 is 5.97 Å². The van der Waals surface area contributed by atoms with Gasteiger partial charge in [0.05, 0.1) is 30.3 Å².